The van der Waals surface area contributed by atoms with E-state index in [1.807, 2.05) is 0 Å². The lowest BCUT2D eigenvalue weighted by Crippen LogP contribution is -2.60. The molecule has 1 heterocycles. The first kappa shape index (κ1) is 27.9. The average molecular weight is 482 g/mol. The van der Waals surface area contributed by atoms with Crippen LogP contribution >= 0.6 is 0 Å². The van der Waals surface area contributed by atoms with Crippen LogP contribution in [-0.4, -0.2) is 78.1 Å². The van der Waals surface area contributed by atoms with Crippen molar-refractivity contribution in [1.29, 1.82) is 0 Å². The molecule has 3 rings (SSSR count). The highest BCUT2D eigenvalue weighted by Crippen LogP contribution is 2.16. The van der Waals surface area contributed by atoms with E-state index in [9.17, 15) is 10.2 Å². The van der Waals surface area contributed by atoms with E-state index in [2.05, 4.69) is 72.6 Å². The molecule has 0 aliphatic carbocycles. The maximum atomic E-state index is 10.6. The molecule has 0 bridgehead atoms. The van der Waals surface area contributed by atoms with Crippen LogP contribution in [0.3, 0.4) is 0 Å². The fraction of sp³-hybridized carbons (Fsp3) is 0.613. The number of likely N-dealkylation sites (N-methyl/N-ethyl adjacent to an activating group) is 1. The summed E-state index contributed by atoms with van der Waals surface area (Å²) in [5, 5.41) is 21.2. The highest BCUT2D eigenvalue weighted by molar-refractivity contribution is 5.15. The van der Waals surface area contributed by atoms with Crippen LogP contribution in [0.5, 0.6) is 0 Å². The van der Waals surface area contributed by atoms with Crippen molar-refractivity contribution in [2.24, 2.45) is 0 Å². The van der Waals surface area contributed by atoms with E-state index < -0.39 is 0 Å². The van der Waals surface area contributed by atoms with Crippen LogP contribution in [0.1, 0.15) is 62.5 Å². The number of β-amino-alcohol motifs (C(OH)–C–C–N with tert-alkyl or cyclic N) is 1. The molecule has 0 amide bonds. The minimum absolute atomic E-state index is 0.204. The first-order chi connectivity index (χ1) is 17.0. The minimum atomic E-state index is -0.218. The Morgan fingerprint density at radius 1 is 0.686 bits per heavy atom. The predicted molar refractivity (Wildman–Crippen MR) is 146 cm³/mol. The molecule has 2 atom stereocenters. The second-order valence-corrected chi connectivity index (χ2v) is 11.0. The van der Waals surface area contributed by atoms with Gasteiger partial charge in [0.1, 0.15) is 12.6 Å². The van der Waals surface area contributed by atoms with Gasteiger partial charge in [0.25, 0.3) is 0 Å². The van der Waals surface area contributed by atoms with E-state index in [1.165, 1.54) is 36.8 Å². The number of quaternary nitrogens is 1. The van der Waals surface area contributed by atoms with E-state index in [-0.39, 0.29) is 12.2 Å². The zero-order valence-electron chi connectivity index (χ0n) is 22.0. The Morgan fingerprint density at radius 3 is 1.69 bits per heavy atom. The Hall–Kier alpha value is -1.72. The highest BCUT2D eigenvalue weighted by atomic mass is 16.3. The Bertz CT molecular complexity index is 790. The number of rotatable bonds is 16. The van der Waals surface area contributed by atoms with E-state index in [1.54, 1.807) is 0 Å². The smallest absolute Gasteiger partial charge is 0.105 e. The summed E-state index contributed by atoms with van der Waals surface area (Å²) in [5.74, 6) is 0. The molecule has 1 aliphatic heterocycles. The van der Waals surface area contributed by atoms with Gasteiger partial charge in [-0.05, 0) is 49.7 Å². The second kappa shape index (κ2) is 15.4. The van der Waals surface area contributed by atoms with Crippen molar-refractivity contribution in [2.45, 2.75) is 76.4 Å². The second-order valence-electron chi connectivity index (χ2n) is 11.0. The third-order valence-electron chi connectivity index (χ3n) is 7.72. The lowest BCUT2D eigenvalue weighted by molar-refractivity contribution is -0.916. The van der Waals surface area contributed by atoms with Crippen molar-refractivity contribution in [3.8, 4) is 0 Å². The Kier molecular flexibility index (Phi) is 12.3. The van der Waals surface area contributed by atoms with Gasteiger partial charge in [-0.25, -0.2) is 0 Å². The first-order valence-electron chi connectivity index (χ1n) is 14.0. The predicted octanol–water partition coefficient (Wildman–Crippen LogP) is 5.08. The molecule has 0 radical (unpaired) electrons. The molecule has 2 N–H and O–H groups in total. The molecule has 0 unspecified atom stereocenters. The van der Waals surface area contributed by atoms with Gasteiger partial charge in [0, 0.05) is 19.6 Å². The number of aliphatic hydroxyl groups excluding tert-OH is 2. The van der Waals surface area contributed by atoms with Crippen molar-refractivity contribution in [2.75, 3.05) is 46.3 Å². The Balaban J connectivity index is 1.21. The summed E-state index contributed by atoms with van der Waals surface area (Å²) >= 11 is 0. The minimum Gasteiger partial charge on any atom is -0.392 e. The van der Waals surface area contributed by atoms with Gasteiger partial charge in [0.15, 0.2) is 0 Å². The van der Waals surface area contributed by atoms with Crippen molar-refractivity contribution in [1.82, 2.24) is 4.90 Å². The summed E-state index contributed by atoms with van der Waals surface area (Å²) in [6, 6.07) is 21.4. The van der Waals surface area contributed by atoms with E-state index in [0.29, 0.717) is 0 Å². The summed E-state index contributed by atoms with van der Waals surface area (Å²) in [4.78, 5) is 2.42. The van der Waals surface area contributed by atoms with Crippen LogP contribution in [0, 0.1) is 0 Å². The summed E-state index contributed by atoms with van der Waals surface area (Å²) in [6.07, 6.45) is 10.7. The molecule has 0 spiro atoms. The number of aryl methyl sites for hydroxylation is 2. The van der Waals surface area contributed by atoms with Gasteiger partial charge in [-0.1, -0.05) is 86.3 Å². The van der Waals surface area contributed by atoms with E-state index >= 15 is 0 Å². The topological polar surface area (TPSA) is 43.7 Å². The molecule has 1 fully saturated rings. The molecular weight excluding hydrogens is 432 g/mol. The molecule has 4 nitrogen and oxygen atoms in total. The number of aliphatic hydroxyl groups is 2. The summed E-state index contributed by atoms with van der Waals surface area (Å²) in [7, 11) is 2.29. The molecule has 4 heteroatoms. The van der Waals surface area contributed by atoms with Crippen molar-refractivity contribution >= 4 is 0 Å². The van der Waals surface area contributed by atoms with Crippen LogP contribution in [0.2, 0.25) is 0 Å². The van der Waals surface area contributed by atoms with Gasteiger partial charge in [-0.3, -0.25) is 4.90 Å². The lowest BCUT2D eigenvalue weighted by atomic mass is 10.0. The quantitative estimate of drug-likeness (QED) is 0.260. The first-order valence-corrected chi connectivity index (χ1v) is 14.0. The maximum absolute atomic E-state index is 10.6. The Morgan fingerprint density at radius 2 is 1.17 bits per heavy atom. The monoisotopic (exact) mass is 481 g/mol. The van der Waals surface area contributed by atoms with Gasteiger partial charge in [-0.15, -0.1) is 0 Å². The highest BCUT2D eigenvalue weighted by Gasteiger charge is 2.31. The molecule has 194 valence electrons. The van der Waals surface area contributed by atoms with E-state index in [4.69, 9.17) is 0 Å². The largest absolute Gasteiger partial charge is 0.392 e. The number of piperazine rings is 1. The SMILES string of the molecule is C[N+]1(C[C@H](O)CCCCCc2ccccc2)CCN(C[C@H](O)CCCCCc2ccccc2)CC1. The molecular formula is C31H49N2O2+. The zero-order chi connectivity index (χ0) is 24.8. The maximum Gasteiger partial charge on any atom is 0.105 e. The van der Waals surface area contributed by atoms with Crippen LogP contribution in [0.15, 0.2) is 60.7 Å². The van der Waals surface area contributed by atoms with Gasteiger partial charge in [0.05, 0.1) is 26.2 Å². The fourth-order valence-electron chi connectivity index (χ4n) is 5.40. The fourth-order valence-corrected chi connectivity index (χ4v) is 5.40. The summed E-state index contributed by atoms with van der Waals surface area (Å²) in [6.45, 7) is 5.82. The molecule has 2 aromatic carbocycles. The van der Waals surface area contributed by atoms with Gasteiger partial charge in [0.2, 0.25) is 0 Å². The van der Waals surface area contributed by atoms with E-state index in [0.717, 1.165) is 82.3 Å². The van der Waals surface area contributed by atoms with Crippen LogP contribution < -0.4 is 0 Å². The summed E-state index contributed by atoms with van der Waals surface area (Å²) < 4.78 is 0.956. The summed E-state index contributed by atoms with van der Waals surface area (Å²) in [5.41, 5.74) is 2.83. The number of unbranched alkanes of at least 4 members (excludes halogenated alkanes) is 4. The van der Waals surface area contributed by atoms with Crippen LogP contribution in [0.25, 0.3) is 0 Å². The normalized spacial score (nSPS) is 17.8. The molecule has 35 heavy (non-hydrogen) atoms. The molecule has 1 saturated heterocycles. The zero-order valence-corrected chi connectivity index (χ0v) is 22.0. The number of benzene rings is 2. The number of hydrogen-bond acceptors (Lipinski definition) is 3. The third-order valence-corrected chi connectivity index (χ3v) is 7.72. The van der Waals surface area contributed by atoms with Crippen molar-refractivity contribution in [3.63, 3.8) is 0 Å². The lowest BCUT2D eigenvalue weighted by Gasteiger charge is -2.43. The Labute approximate surface area is 214 Å². The third kappa shape index (κ3) is 11.3. The average Bonchev–Trinajstić information content (AvgIpc) is 2.86. The van der Waals surface area contributed by atoms with Crippen molar-refractivity contribution < 1.29 is 14.7 Å². The molecule has 0 aromatic heterocycles. The molecule has 1 aliphatic rings. The van der Waals surface area contributed by atoms with Crippen LogP contribution in [0.4, 0.5) is 0 Å². The molecule has 0 saturated carbocycles. The standard InChI is InChI=1S/C31H49N2O2/c1-33(27-31(35)21-13-5-11-19-29-16-8-3-9-17-29)24-22-32(23-25-33)26-30(34)20-12-4-10-18-28-14-6-2-7-15-28/h2-3,6-9,14-17,30-31,34-35H,4-5,10-13,18-27H2,1H3/q+1/t30-,31-/m1/s1. The van der Waals surface area contributed by atoms with Crippen LogP contribution in [-0.2, 0) is 12.8 Å². The van der Waals surface area contributed by atoms with Gasteiger partial charge in [-0.2, -0.15) is 0 Å². The number of nitrogens with zero attached hydrogens (tertiary/aromatic N) is 2. The van der Waals surface area contributed by atoms with Gasteiger partial charge >= 0.3 is 0 Å². The van der Waals surface area contributed by atoms with Gasteiger partial charge < -0.3 is 14.7 Å². The number of hydrogen-bond donors (Lipinski definition) is 2. The molecule has 2 aromatic rings. The van der Waals surface area contributed by atoms with Crippen molar-refractivity contribution in [3.05, 3.63) is 71.8 Å².